The van der Waals surface area contributed by atoms with E-state index in [0.717, 1.165) is 37.5 Å². The van der Waals surface area contributed by atoms with Crippen LogP contribution < -0.4 is 10.1 Å². The number of aliphatic hydroxyl groups excluding tert-OH is 1. The number of ether oxygens (including phenoxy) is 2. The number of aliphatic hydroxyl groups is 1. The van der Waals surface area contributed by atoms with Crippen molar-refractivity contribution >= 4 is 0 Å². The smallest absolute Gasteiger partial charge is 0.124 e. The van der Waals surface area contributed by atoms with Gasteiger partial charge in [0.05, 0.1) is 12.7 Å². The largest absolute Gasteiger partial charge is 0.487 e. The highest BCUT2D eigenvalue weighted by molar-refractivity contribution is 5.39. The van der Waals surface area contributed by atoms with Gasteiger partial charge in [-0.2, -0.15) is 0 Å². The molecule has 2 N–H and O–H groups in total. The van der Waals surface area contributed by atoms with E-state index in [1.807, 2.05) is 6.07 Å². The van der Waals surface area contributed by atoms with Gasteiger partial charge in [0.2, 0.25) is 0 Å². The van der Waals surface area contributed by atoms with E-state index in [2.05, 4.69) is 23.5 Å². The molecule has 0 amide bonds. The molecule has 4 heteroatoms. The molecule has 1 aromatic carbocycles. The van der Waals surface area contributed by atoms with E-state index in [1.165, 1.54) is 24.8 Å². The van der Waals surface area contributed by atoms with Gasteiger partial charge in [-0.25, -0.2) is 0 Å². The summed E-state index contributed by atoms with van der Waals surface area (Å²) in [7, 11) is 0. The second-order valence-corrected chi connectivity index (χ2v) is 7.48. The maximum Gasteiger partial charge on any atom is 0.124 e. The Morgan fingerprint density at radius 1 is 1.30 bits per heavy atom. The molecule has 0 unspecified atom stereocenters. The highest BCUT2D eigenvalue weighted by atomic mass is 16.5. The van der Waals surface area contributed by atoms with Gasteiger partial charge in [0, 0.05) is 31.2 Å². The second-order valence-electron chi connectivity index (χ2n) is 7.48. The zero-order valence-corrected chi connectivity index (χ0v) is 13.7. The van der Waals surface area contributed by atoms with Crippen molar-refractivity contribution in [1.82, 2.24) is 5.32 Å². The molecule has 126 valence electrons. The Kier molecular flexibility index (Phi) is 4.31. The number of rotatable bonds is 7. The summed E-state index contributed by atoms with van der Waals surface area (Å²) in [4.78, 5) is 0. The van der Waals surface area contributed by atoms with Crippen molar-refractivity contribution in [2.75, 3.05) is 19.8 Å². The molecule has 1 aromatic rings. The lowest BCUT2D eigenvalue weighted by Gasteiger charge is -2.48. The molecule has 2 atom stereocenters. The first-order valence-electron chi connectivity index (χ1n) is 9.01. The van der Waals surface area contributed by atoms with Crippen molar-refractivity contribution in [3.8, 4) is 5.75 Å². The molecule has 2 aliphatic carbocycles. The van der Waals surface area contributed by atoms with Gasteiger partial charge in [-0.15, -0.1) is 0 Å². The quantitative estimate of drug-likeness (QED) is 0.812. The number of nitrogens with one attached hydrogen (secondary N) is 1. The van der Waals surface area contributed by atoms with Gasteiger partial charge in [0.25, 0.3) is 0 Å². The van der Waals surface area contributed by atoms with E-state index in [1.54, 1.807) is 0 Å². The average Bonchev–Trinajstić information content (AvgIpc) is 3.35. The molecule has 0 radical (unpaired) electrons. The van der Waals surface area contributed by atoms with Crippen LogP contribution in [0.5, 0.6) is 5.75 Å². The van der Waals surface area contributed by atoms with Crippen molar-refractivity contribution in [2.24, 2.45) is 5.92 Å². The second kappa shape index (κ2) is 6.42. The van der Waals surface area contributed by atoms with Crippen LogP contribution >= 0.6 is 0 Å². The zero-order valence-electron chi connectivity index (χ0n) is 13.7. The summed E-state index contributed by atoms with van der Waals surface area (Å²) < 4.78 is 11.9. The van der Waals surface area contributed by atoms with Crippen molar-refractivity contribution < 1.29 is 14.6 Å². The van der Waals surface area contributed by atoms with E-state index >= 15 is 0 Å². The molecular formula is C19H27NO3. The van der Waals surface area contributed by atoms with Crippen molar-refractivity contribution in [3.63, 3.8) is 0 Å². The van der Waals surface area contributed by atoms with Gasteiger partial charge >= 0.3 is 0 Å². The van der Waals surface area contributed by atoms with Gasteiger partial charge in [0.1, 0.15) is 11.4 Å². The minimum Gasteiger partial charge on any atom is -0.487 e. The SMILES string of the molecule is O[C@H](CN[C@@H]1CC2(CCC2)Oc2ccccc21)COCC1CC1. The summed E-state index contributed by atoms with van der Waals surface area (Å²) in [6.07, 6.45) is 6.68. The van der Waals surface area contributed by atoms with E-state index in [0.29, 0.717) is 13.2 Å². The zero-order chi connectivity index (χ0) is 15.7. The predicted octanol–water partition coefficient (Wildman–Crippen LogP) is 2.81. The standard InChI is InChI=1S/C19H27NO3/c21-15(13-22-12-14-6-7-14)11-20-17-10-19(8-3-9-19)23-18-5-2-1-4-16(17)18/h1-2,4-5,14-15,17,20-21H,3,6-13H2/t15-,17-/m1/s1. The fourth-order valence-corrected chi connectivity index (χ4v) is 3.67. The Bertz CT molecular complexity index is 539. The predicted molar refractivity (Wildman–Crippen MR) is 88.6 cm³/mol. The molecule has 4 nitrogen and oxygen atoms in total. The van der Waals surface area contributed by atoms with Crippen molar-refractivity contribution in [3.05, 3.63) is 29.8 Å². The summed E-state index contributed by atoms with van der Waals surface area (Å²) in [6, 6.07) is 8.56. The average molecular weight is 317 g/mol. The Balaban J connectivity index is 1.33. The van der Waals surface area contributed by atoms with E-state index in [9.17, 15) is 5.11 Å². The number of hydrogen-bond donors (Lipinski definition) is 2. The van der Waals surface area contributed by atoms with Crippen LogP contribution in [0.2, 0.25) is 0 Å². The summed E-state index contributed by atoms with van der Waals surface area (Å²) in [5.74, 6) is 1.76. The van der Waals surface area contributed by atoms with Crippen LogP contribution in [-0.4, -0.2) is 36.6 Å². The van der Waals surface area contributed by atoms with Gasteiger partial charge in [-0.3, -0.25) is 0 Å². The maximum absolute atomic E-state index is 10.1. The van der Waals surface area contributed by atoms with Gasteiger partial charge < -0.3 is 19.9 Å². The van der Waals surface area contributed by atoms with Crippen LogP contribution in [0.3, 0.4) is 0 Å². The number of benzene rings is 1. The fourth-order valence-electron chi connectivity index (χ4n) is 3.67. The third kappa shape index (κ3) is 3.54. The first-order valence-corrected chi connectivity index (χ1v) is 9.01. The molecule has 0 saturated heterocycles. The van der Waals surface area contributed by atoms with Crippen LogP contribution in [0.1, 0.15) is 50.1 Å². The van der Waals surface area contributed by atoms with Crippen LogP contribution in [0.25, 0.3) is 0 Å². The van der Waals surface area contributed by atoms with E-state index < -0.39 is 6.10 Å². The summed E-state index contributed by atoms with van der Waals surface area (Å²) >= 11 is 0. The molecule has 1 spiro atoms. The third-order valence-electron chi connectivity index (χ3n) is 5.42. The van der Waals surface area contributed by atoms with Gasteiger partial charge in [0.15, 0.2) is 0 Å². The lowest BCUT2D eigenvalue weighted by Crippen LogP contribution is -2.49. The van der Waals surface area contributed by atoms with Gasteiger partial charge in [-0.05, 0) is 44.1 Å². The van der Waals surface area contributed by atoms with Gasteiger partial charge in [-0.1, -0.05) is 18.2 Å². The van der Waals surface area contributed by atoms with Crippen LogP contribution in [0.15, 0.2) is 24.3 Å². The van der Waals surface area contributed by atoms with E-state index in [4.69, 9.17) is 9.47 Å². The molecule has 3 aliphatic rings. The Morgan fingerprint density at radius 2 is 2.13 bits per heavy atom. The van der Waals surface area contributed by atoms with E-state index in [-0.39, 0.29) is 11.6 Å². The Hall–Kier alpha value is -1.10. The third-order valence-corrected chi connectivity index (χ3v) is 5.42. The van der Waals surface area contributed by atoms with Crippen LogP contribution in [0, 0.1) is 5.92 Å². The Labute approximate surface area is 138 Å². The lowest BCUT2D eigenvalue weighted by molar-refractivity contribution is -0.0391. The topological polar surface area (TPSA) is 50.7 Å². The lowest BCUT2D eigenvalue weighted by atomic mass is 9.73. The Morgan fingerprint density at radius 3 is 2.87 bits per heavy atom. The first-order chi connectivity index (χ1) is 11.2. The molecule has 23 heavy (non-hydrogen) atoms. The number of para-hydroxylation sites is 1. The highest BCUT2D eigenvalue weighted by Gasteiger charge is 2.45. The molecule has 2 fully saturated rings. The van der Waals surface area contributed by atoms with Crippen LogP contribution in [0.4, 0.5) is 0 Å². The summed E-state index contributed by atoms with van der Waals surface area (Å²) in [5.41, 5.74) is 1.25. The van der Waals surface area contributed by atoms with Crippen molar-refractivity contribution in [2.45, 2.75) is 56.3 Å². The van der Waals surface area contributed by atoms with Crippen LogP contribution in [-0.2, 0) is 4.74 Å². The summed E-state index contributed by atoms with van der Waals surface area (Å²) in [5, 5.41) is 13.7. The minimum absolute atomic E-state index is 0.0272. The highest BCUT2D eigenvalue weighted by Crippen LogP contribution is 2.48. The normalized spacial score (nSPS) is 26.2. The first kappa shape index (κ1) is 15.4. The molecule has 4 rings (SSSR count). The molecule has 1 heterocycles. The monoisotopic (exact) mass is 317 g/mol. The minimum atomic E-state index is -0.443. The number of fused-ring (bicyclic) bond motifs is 1. The summed E-state index contributed by atoms with van der Waals surface area (Å²) in [6.45, 7) is 1.81. The fraction of sp³-hybridized carbons (Fsp3) is 0.684. The molecular weight excluding hydrogens is 290 g/mol. The van der Waals surface area contributed by atoms with Crippen molar-refractivity contribution in [1.29, 1.82) is 0 Å². The maximum atomic E-state index is 10.1. The molecule has 1 aliphatic heterocycles. The number of hydrogen-bond acceptors (Lipinski definition) is 4. The molecule has 0 aromatic heterocycles. The molecule has 0 bridgehead atoms. The molecule has 2 saturated carbocycles.